The summed E-state index contributed by atoms with van der Waals surface area (Å²) in [6, 6.07) is 0. The van der Waals surface area contributed by atoms with Gasteiger partial charge in [0.05, 0.1) is 12.7 Å². The molecule has 0 aromatic heterocycles. The number of rotatable bonds is 2. The third kappa shape index (κ3) is 2.03. The summed E-state index contributed by atoms with van der Waals surface area (Å²) in [5.74, 6) is -0.586. The highest BCUT2D eigenvalue weighted by atomic mass is 16.5. The highest BCUT2D eigenvalue weighted by Gasteiger charge is 2.34. The fourth-order valence-corrected chi connectivity index (χ4v) is 1.54. The van der Waals surface area contributed by atoms with Crippen LogP contribution in [0.3, 0.4) is 0 Å². The van der Waals surface area contributed by atoms with Crippen molar-refractivity contribution < 1.29 is 19.7 Å². The molecule has 0 saturated carbocycles. The number of nitrogens with one attached hydrogen (secondary N) is 1. The molecule has 8 heteroatoms. The molecular weight excluding hydrogens is 216 g/mol. The molecular formula is C8H12N4O4. The molecule has 1 saturated heterocycles. The summed E-state index contributed by atoms with van der Waals surface area (Å²) >= 11 is 0. The third-order valence-corrected chi connectivity index (χ3v) is 2.32. The van der Waals surface area contributed by atoms with Gasteiger partial charge in [-0.15, -0.1) is 0 Å². The van der Waals surface area contributed by atoms with Crippen molar-refractivity contribution in [1.82, 2.24) is 5.32 Å². The molecule has 0 radical (unpaired) electrons. The molecule has 2 aliphatic heterocycles. The standard InChI is InChI=1S/C8H12N4O4/c9-8-11-6(7(15)12-8)10-5-1-3(14)4(2-13)16-5/h3-5,13-14H,1-2H2,(H3,9,10,11,12,15)/t3-,4+,5+/m0/s1. The van der Waals surface area contributed by atoms with Crippen LogP contribution in [0.2, 0.25) is 0 Å². The van der Waals surface area contributed by atoms with Gasteiger partial charge in [-0.3, -0.25) is 10.1 Å². The van der Waals surface area contributed by atoms with Crippen LogP contribution in [0.1, 0.15) is 6.42 Å². The maximum absolute atomic E-state index is 11.2. The van der Waals surface area contributed by atoms with Gasteiger partial charge in [-0.1, -0.05) is 0 Å². The normalized spacial score (nSPS) is 36.6. The summed E-state index contributed by atoms with van der Waals surface area (Å²) in [6.45, 7) is -0.292. The first-order chi connectivity index (χ1) is 7.60. The summed E-state index contributed by atoms with van der Waals surface area (Å²) in [5.41, 5.74) is 5.28. The zero-order chi connectivity index (χ0) is 11.7. The minimum absolute atomic E-state index is 0.0130. The van der Waals surface area contributed by atoms with Crippen LogP contribution in [0, 0.1) is 0 Å². The largest absolute Gasteiger partial charge is 0.394 e. The summed E-state index contributed by atoms with van der Waals surface area (Å²) in [4.78, 5) is 18.8. The average molecular weight is 228 g/mol. The number of ether oxygens (including phenoxy) is 1. The molecule has 2 aliphatic rings. The van der Waals surface area contributed by atoms with Crippen LogP contribution in [0.15, 0.2) is 9.98 Å². The molecule has 88 valence electrons. The Morgan fingerprint density at radius 1 is 1.69 bits per heavy atom. The fraction of sp³-hybridized carbons (Fsp3) is 0.625. The molecule has 0 spiro atoms. The predicted octanol–water partition coefficient (Wildman–Crippen LogP) is -2.70. The zero-order valence-corrected chi connectivity index (χ0v) is 8.33. The Balaban J connectivity index is 2.06. The van der Waals surface area contributed by atoms with E-state index in [0.717, 1.165) is 0 Å². The second kappa shape index (κ2) is 4.16. The third-order valence-electron chi connectivity index (χ3n) is 2.32. The van der Waals surface area contributed by atoms with Gasteiger partial charge in [0.15, 0.2) is 6.23 Å². The maximum Gasteiger partial charge on any atom is 0.295 e. The van der Waals surface area contributed by atoms with Gasteiger partial charge in [-0.2, -0.15) is 4.99 Å². The number of hydrogen-bond acceptors (Lipinski definition) is 6. The molecule has 0 bridgehead atoms. The Morgan fingerprint density at radius 3 is 2.94 bits per heavy atom. The minimum atomic E-state index is -0.787. The average Bonchev–Trinajstić information content (AvgIpc) is 2.71. The summed E-state index contributed by atoms with van der Waals surface area (Å²) in [6.07, 6.45) is -1.91. The van der Waals surface area contributed by atoms with Crippen LogP contribution < -0.4 is 11.1 Å². The lowest BCUT2D eigenvalue weighted by Crippen LogP contribution is -2.32. The Kier molecular flexibility index (Phi) is 2.86. The van der Waals surface area contributed by atoms with E-state index in [0.29, 0.717) is 0 Å². The van der Waals surface area contributed by atoms with E-state index >= 15 is 0 Å². The fourth-order valence-electron chi connectivity index (χ4n) is 1.54. The number of carbonyl (C=O) groups is 1. The van der Waals surface area contributed by atoms with Crippen molar-refractivity contribution in [2.24, 2.45) is 15.7 Å². The first-order valence-electron chi connectivity index (χ1n) is 4.78. The van der Waals surface area contributed by atoms with E-state index in [1.165, 1.54) is 0 Å². The van der Waals surface area contributed by atoms with Crippen LogP contribution in [0.5, 0.6) is 0 Å². The molecule has 16 heavy (non-hydrogen) atoms. The predicted molar refractivity (Wildman–Crippen MR) is 53.6 cm³/mol. The molecule has 1 amide bonds. The van der Waals surface area contributed by atoms with Crippen LogP contribution in [0.25, 0.3) is 0 Å². The van der Waals surface area contributed by atoms with Crippen molar-refractivity contribution in [3.05, 3.63) is 0 Å². The monoisotopic (exact) mass is 228 g/mol. The first-order valence-corrected chi connectivity index (χ1v) is 4.78. The lowest BCUT2D eigenvalue weighted by Gasteiger charge is -2.08. The van der Waals surface area contributed by atoms with Gasteiger partial charge in [0.2, 0.25) is 11.8 Å². The van der Waals surface area contributed by atoms with E-state index in [-0.39, 0.29) is 24.8 Å². The van der Waals surface area contributed by atoms with Crippen LogP contribution >= 0.6 is 0 Å². The van der Waals surface area contributed by atoms with E-state index in [2.05, 4.69) is 15.3 Å². The molecule has 0 aromatic rings. The van der Waals surface area contributed by atoms with Gasteiger partial charge in [0.25, 0.3) is 5.91 Å². The molecule has 8 nitrogen and oxygen atoms in total. The SMILES string of the molecule is NC1=N/C(=N\[C@H]2C[C@H](O)[C@@H](CO)O2)C(=O)N1. The highest BCUT2D eigenvalue weighted by molar-refractivity contribution is 6.46. The Hall–Kier alpha value is -1.51. The number of nitrogens with zero attached hydrogens (tertiary/aromatic N) is 2. The van der Waals surface area contributed by atoms with E-state index in [4.69, 9.17) is 15.6 Å². The Bertz CT molecular complexity index is 367. The van der Waals surface area contributed by atoms with Gasteiger partial charge in [0, 0.05) is 6.42 Å². The van der Waals surface area contributed by atoms with Crippen molar-refractivity contribution in [3.8, 4) is 0 Å². The highest BCUT2D eigenvalue weighted by Crippen LogP contribution is 2.21. The molecule has 3 atom stereocenters. The molecule has 1 fully saturated rings. The Morgan fingerprint density at radius 2 is 2.44 bits per heavy atom. The number of aliphatic hydroxyl groups is 2. The number of amidine groups is 1. The lowest BCUT2D eigenvalue weighted by molar-refractivity contribution is -0.113. The topological polar surface area (TPSA) is 130 Å². The molecule has 5 N–H and O–H groups in total. The van der Waals surface area contributed by atoms with E-state index in [1.807, 2.05) is 0 Å². The number of carbonyl (C=O) groups excluding carboxylic acids is 1. The second-order valence-electron chi connectivity index (χ2n) is 3.52. The van der Waals surface area contributed by atoms with Gasteiger partial charge >= 0.3 is 0 Å². The number of hydrogen-bond donors (Lipinski definition) is 4. The molecule has 0 unspecified atom stereocenters. The summed E-state index contributed by atoms with van der Waals surface area (Å²) in [5, 5.41) is 20.6. The molecule has 2 heterocycles. The van der Waals surface area contributed by atoms with Gasteiger partial charge < -0.3 is 20.7 Å². The summed E-state index contributed by atoms with van der Waals surface area (Å²) in [7, 11) is 0. The number of aliphatic hydroxyl groups excluding tert-OH is 2. The van der Waals surface area contributed by atoms with Gasteiger partial charge in [-0.05, 0) is 0 Å². The molecule has 0 aromatic carbocycles. The van der Waals surface area contributed by atoms with E-state index < -0.39 is 24.3 Å². The Labute approximate surface area is 90.8 Å². The second-order valence-corrected chi connectivity index (χ2v) is 3.52. The number of aliphatic imine (C=N–C) groups is 2. The maximum atomic E-state index is 11.2. The van der Waals surface area contributed by atoms with Crippen molar-refractivity contribution in [2.45, 2.75) is 24.9 Å². The summed E-state index contributed by atoms with van der Waals surface area (Å²) < 4.78 is 5.19. The van der Waals surface area contributed by atoms with Gasteiger partial charge in [-0.25, -0.2) is 4.99 Å². The van der Waals surface area contributed by atoms with Crippen LogP contribution in [0.4, 0.5) is 0 Å². The van der Waals surface area contributed by atoms with Crippen molar-refractivity contribution in [2.75, 3.05) is 6.61 Å². The van der Waals surface area contributed by atoms with E-state index in [9.17, 15) is 9.90 Å². The van der Waals surface area contributed by atoms with Crippen molar-refractivity contribution >= 4 is 17.7 Å². The molecule has 2 rings (SSSR count). The number of guanidine groups is 1. The lowest BCUT2D eigenvalue weighted by atomic mass is 10.2. The quantitative estimate of drug-likeness (QED) is 0.408. The number of nitrogens with two attached hydrogens (primary N) is 1. The van der Waals surface area contributed by atoms with Crippen LogP contribution in [-0.2, 0) is 9.53 Å². The minimum Gasteiger partial charge on any atom is -0.394 e. The van der Waals surface area contributed by atoms with Crippen molar-refractivity contribution in [3.63, 3.8) is 0 Å². The first kappa shape index (κ1) is 11.0. The van der Waals surface area contributed by atoms with Crippen molar-refractivity contribution in [1.29, 1.82) is 0 Å². The molecule has 0 aliphatic carbocycles. The zero-order valence-electron chi connectivity index (χ0n) is 8.33. The van der Waals surface area contributed by atoms with Crippen LogP contribution in [-0.4, -0.2) is 53.0 Å². The smallest absolute Gasteiger partial charge is 0.295 e. The van der Waals surface area contributed by atoms with Gasteiger partial charge in [0.1, 0.15) is 6.10 Å². The number of amides is 1. The van der Waals surface area contributed by atoms with E-state index in [1.54, 1.807) is 0 Å².